The van der Waals surface area contributed by atoms with Crippen LogP contribution in [0.2, 0.25) is 0 Å². The van der Waals surface area contributed by atoms with Gasteiger partial charge in [0, 0.05) is 42.6 Å². The van der Waals surface area contributed by atoms with E-state index in [1.54, 1.807) is 0 Å². The molecule has 2 heterocycles. The minimum Gasteiger partial charge on any atom is -0.372 e. The van der Waals surface area contributed by atoms with Gasteiger partial charge in [0.2, 0.25) is 0 Å². The molecule has 0 amide bonds. The molecule has 0 aromatic heterocycles. The number of hydrogen-bond donors (Lipinski definition) is 0. The maximum absolute atomic E-state index is 3.98. The first-order chi connectivity index (χ1) is 13.9. The van der Waals surface area contributed by atoms with Crippen molar-refractivity contribution in [2.45, 2.75) is 18.8 Å². The summed E-state index contributed by atoms with van der Waals surface area (Å²) in [6, 6.07) is 26.9. The summed E-state index contributed by atoms with van der Waals surface area (Å²) in [5, 5.41) is 0. The van der Waals surface area contributed by atoms with Gasteiger partial charge in [-0.15, -0.1) is 6.58 Å². The van der Waals surface area contributed by atoms with Gasteiger partial charge in [-0.3, -0.25) is 0 Å². The van der Waals surface area contributed by atoms with E-state index in [2.05, 4.69) is 89.2 Å². The van der Waals surface area contributed by atoms with Gasteiger partial charge < -0.3 is 9.80 Å². The van der Waals surface area contributed by atoms with E-state index >= 15 is 0 Å². The third-order valence-electron chi connectivity index (χ3n) is 6.09. The lowest BCUT2D eigenvalue weighted by molar-refractivity contribution is 0.905. The predicted molar refractivity (Wildman–Crippen MR) is 119 cm³/mol. The summed E-state index contributed by atoms with van der Waals surface area (Å²) in [6.07, 6.45) is 4.60. The second-order valence-electron chi connectivity index (χ2n) is 7.74. The third-order valence-corrected chi connectivity index (χ3v) is 6.09. The van der Waals surface area contributed by atoms with Gasteiger partial charge in [0.1, 0.15) is 0 Å². The van der Waals surface area contributed by atoms with Gasteiger partial charge in [-0.05, 0) is 53.8 Å². The average molecular weight is 367 g/mol. The van der Waals surface area contributed by atoms with Crippen molar-refractivity contribution in [1.82, 2.24) is 0 Å². The molecular weight excluding hydrogens is 340 g/mol. The highest BCUT2D eigenvalue weighted by Crippen LogP contribution is 2.48. The maximum atomic E-state index is 3.98. The Morgan fingerprint density at radius 1 is 0.786 bits per heavy atom. The van der Waals surface area contributed by atoms with Crippen LogP contribution in [0.25, 0.3) is 0 Å². The predicted octanol–water partition coefficient (Wildman–Crippen LogP) is 6.10. The van der Waals surface area contributed by atoms with E-state index in [9.17, 15) is 0 Å². The number of hydrogen-bond acceptors (Lipinski definition) is 2. The van der Waals surface area contributed by atoms with Gasteiger partial charge >= 0.3 is 0 Å². The molecule has 28 heavy (non-hydrogen) atoms. The molecule has 5 rings (SSSR count). The average Bonchev–Trinajstić information content (AvgIpc) is 3.29. The Morgan fingerprint density at radius 2 is 1.36 bits per heavy atom. The van der Waals surface area contributed by atoms with E-state index in [0.717, 1.165) is 6.54 Å². The summed E-state index contributed by atoms with van der Waals surface area (Å²) in [7, 11) is 0. The van der Waals surface area contributed by atoms with Crippen LogP contribution in [-0.2, 0) is 0 Å². The number of benzene rings is 3. The Labute approximate surface area is 167 Å². The Kier molecular flexibility index (Phi) is 4.40. The minimum atomic E-state index is 0.265. The monoisotopic (exact) mass is 366 g/mol. The SMILES string of the molecule is C=CCN1c2ccccc2C(c2ccc(N3CCCC3)cc2)c2ccccc21. The van der Waals surface area contributed by atoms with Gasteiger partial charge in [-0.2, -0.15) is 0 Å². The Morgan fingerprint density at radius 3 is 1.93 bits per heavy atom. The van der Waals surface area contributed by atoms with Crippen molar-refractivity contribution in [3.05, 3.63) is 102 Å². The molecule has 1 saturated heterocycles. The van der Waals surface area contributed by atoms with Gasteiger partial charge in [0.15, 0.2) is 0 Å². The van der Waals surface area contributed by atoms with Crippen LogP contribution in [-0.4, -0.2) is 19.6 Å². The zero-order valence-electron chi connectivity index (χ0n) is 16.2. The van der Waals surface area contributed by atoms with E-state index in [1.165, 1.54) is 59.7 Å². The lowest BCUT2D eigenvalue weighted by atomic mass is 9.80. The number of fused-ring (bicyclic) bond motifs is 2. The smallest absolute Gasteiger partial charge is 0.0456 e. The molecule has 3 aromatic carbocycles. The molecule has 0 bridgehead atoms. The molecule has 0 spiro atoms. The molecular formula is C26H26N2. The first kappa shape index (κ1) is 17.1. The highest BCUT2D eigenvalue weighted by Gasteiger charge is 2.30. The molecule has 3 aromatic rings. The molecule has 0 saturated carbocycles. The maximum Gasteiger partial charge on any atom is 0.0456 e. The number of para-hydroxylation sites is 2. The molecule has 0 N–H and O–H groups in total. The fraction of sp³-hybridized carbons (Fsp3) is 0.231. The van der Waals surface area contributed by atoms with E-state index < -0.39 is 0 Å². The first-order valence-corrected chi connectivity index (χ1v) is 10.3. The van der Waals surface area contributed by atoms with Crippen LogP contribution in [0, 0.1) is 0 Å². The second-order valence-corrected chi connectivity index (χ2v) is 7.74. The van der Waals surface area contributed by atoms with Crippen LogP contribution in [0.15, 0.2) is 85.5 Å². The van der Waals surface area contributed by atoms with E-state index in [1.807, 2.05) is 6.08 Å². The Bertz CT molecular complexity index is 936. The molecule has 0 atom stereocenters. The van der Waals surface area contributed by atoms with Crippen molar-refractivity contribution in [3.8, 4) is 0 Å². The van der Waals surface area contributed by atoms with Gasteiger partial charge in [-0.1, -0.05) is 54.6 Å². The number of anilines is 3. The Hall–Kier alpha value is -3.00. The van der Waals surface area contributed by atoms with Crippen LogP contribution in [0.5, 0.6) is 0 Å². The molecule has 2 aliphatic heterocycles. The van der Waals surface area contributed by atoms with E-state index in [-0.39, 0.29) is 5.92 Å². The lowest BCUT2D eigenvalue weighted by Gasteiger charge is -2.37. The highest BCUT2D eigenvalue weighted by molar-refractivity contribution is 5.78. The summed E-state index contributed by atoms with van der Waals surface area (Å²) >= 11 is 0. The number of rotatable bonds is 4. The molecule has 2 nitrogen and oxygen atoms in total. The highest BCUT2D eigenvalue weighted by atomic mass is 15.1. The standard InChI is InChI=1S/C26H26N2/c1-2-17-28-24-11-5-3-9-22(24)26(23-10-4-6-12-25(23)28)20-13-15-21(16-14-20)27-18-7-8-19-27/h2-6,9-16,26H,1,7-8,17-19H2. The van der Waals surface area contributed by atoms with Gasteiger partial charge in [0.05, 0.1) is 0 Å². The van der Waals surface area contributed by atoms with Crippen molar-refractivity contribution in [2.75, 3.05) is 29.4 Å². The van der Waals surface area contributed by atoms with Crippen molar-refractivity contribution >= 4 is 17.1 Å². The third kappa shape index (κ3) is 2.80. The normalized spacial score (nSPS) is 16.0. The minimum absolute atomic E-state index is 0.265. The van der Waals surface area contributed by atoms with Crippen molar-refractivity contribution < 1.29 is 0 Å². The topological polar surface area (TPSA) is 6.48 Å². The molecule has 0 aliphatic carbocycles. The van der Waals surface area contributed by atoms with Gasteiger partial charge in [-0.25, -0.2) is 0 Å². The summed E-state index contributed by atoms with van der Waals surface area (Å²) in [5.41, 5.74) is 8.03. The van der Waals surface area contributed by atoms with E-state index in [0.29, 0.717) is 0 Å². The number of nitrogens with zero attached hydrogens (tertiary/aromatic N) is 2. The molecule has 0 unspecified atom stereocenters. The molecule has 2 heteroatoms. The molecule has 0 radical (unpaired) electrons. The summed E-state index contributed by atoms with van der Waals surface area (Å²) in [4.78, 5) is 4.88. The molecule has 2 aliphatic rings. The summed E-state index contributed by atoms with van der Waals surface area (Å²) in [6.45, 7) is 7.16. The fourth-order valence-corrected chi connectivity index (χ4v) is 4.79. The quantitative estimate of drug-likeness (QED) is 0.514. The van der Waals surface area contributed by atoms with Crippen LogP contribution >= 0.6 is 0 Å². The van der Waals surface area contributed by atoms with E-state index in [4.69, 9.17) is 0 Å². The molecule has 1 fully saturated rings. The Balaban J connectivity index is 1.61. The summed E-state index contributed by atoms with van der Waals surface area (Å²) < 4.78 is 0. The fourth-order valence-electron chi connectivity index (χ4n) is 4.79. The second kappa shape index (κ2) is 7.20. The zero-order chi connectivity index (χ0) is 18.9. The largest absolute Gasteiger partial charge is 0.372 e. The van der Waals surface area contributed by atoms with Crippen LogP contribution in [0.4, 0.5) is 17.1 Å². The first-order valence-electron chi connectivity index (χ1n) is 10.3. The van der Waals surface area contributed by atoms with Crippen molar-refractivity contribution in [3.63, 3.8) is 0 Å². The van der Waals surface area contributed by atoms with Crippen LogP contribution in [0.1, 0.15) is 35.4 Å². The van der Waals surface area contributed by atoms with Crippen molar-refractivity contribution in [2.24, 2.45) is 0 Å². The van der Waals surface area contributed by atoms with Crippen molar-refractivity contribution in [1.29, 1.82) is 0 Å². The summed E-state index contributed by atoms with van der Waals surface area (Å²) in [5.74, 6) is 0.265. The zero-order valence-corrected chi connectivity index (χ0v) is 16.2. The lowest BCUT2D eigenvalue weighted by Crippen LogP contribution is -2.26. The van der Waals surface area contributed by atoms with Gasteiger partial charge in [0.25, 0.3) is 0 Å². The molecule has 140 valence electrons. The van der Waals surface area contributed by atoms with Crippen LogP contribution < -0.4 is 9.80 Å². The van der Waals surface area contributed by atoms with Crippen LogP contribution in [0.3, 0.4) is 0 Å².